The summed E-state index contributed by atoms with van der Waals surface area (Å²) in [5.41, 5.74) is 5.84. The Labute approximate surface area is 250 Å². The molecule has 3 heterocycles. The van der Waals surface area contributed by atoms with Crippen LogP contribution < -0.4 is 5.73 Å². The maximum Gasteiger partial charge on any atom is 0.364 e. The van der Waals surface area contributed by atoms with E-state index in [1.807, 2.05) is 0 Å². The van der Waals surface area contributed by atoms with Crippen molar-refractivity contribution in [2.75, 3.05) is 32.2 Å². The fourth-order valence-corrected chi connectivity index (χ4v) is 5.18. The third-order valence-electron chi connectivity index (χ3n) is 7.51. The molecule has 0 aromatic carbocycles. The molecule has 0 aromatic heterocycles. The van der Waals surface area contributed by atoms with Gasteiger partial charge in [-0.3, -0.25) is 0 Å². The Morgan fingerprint density at radius 3 is 2.12 bits per heavy atom. The number of aliphatic carboxylic acids is 1. The number of ether oxygens (including phenoxy) is 6. The largest absolute Gasteiger partial charge is 0.477 e. The summed E-state index contributed by atoms with van der Waals surface area (Å²) in [6.45, 7) is -2.67. The molecule has 16 atom stereocenters. The number of carbonyl (C=O) groups is 1. The number of hydrogen-bond acceptors (Lipinski definition) is 19. The van der Waals surface area contributed by atoms with Crippen molar-refractivity contribution in [2.45, 2.75) is 104 Å². The van der Waals surface area contributed by atoms with E-state index in [0.717, 1.165) is 0 Å². The van der Waals surface area contributed by atoms with E-state index in [0.29, 0.717) is 0 Å². The molecular weight excluding hydrogens is 610 g/mol. The van der Waals surface area contributed by atoms with Gasteiger partial charge in [0.2, 0.25) is 0 Å². The van der Waals surface area contributed by atoms with Gasteiger partial charge in [0.05, 0.1) is 38.6 Å². The monoisotopic (exact) mass is 651 g/mol. The van der Waals surface area contributed by atoms with Gasteiger partial charge in [-0.15, -0.1) is 0 Å². The summed E-state index contributed by atoms with van der Waals surface area (Å²) in [7, 11) is 0. The van der Waals surface area contributed by atoms with E-state index in [4.69, 9.17) is 34.2 Å². The highest BCUT2D eigenvalue weighted by atomic mass is 32.1. The van der Waals surface area contributed by atoms with Crippen molar-refractivity contribution in [3.05, 3.63) is 0 Å². The quantitative estimate of drug-likeness (QED) is 0.0822. The highest BCUT2D eigenvalue weighted by molar-refractivity contribution is 7.80. The van der Waals surface area contributed by atoms with E-state index in [2.05, 4.69) is 12.6 Å². The van der Waals surface area contributed by atoms with Gasteiger partial charge in [0.15, 0.2) is 12.6 Å². The van der Waals surface area contributed by atoms with Crippen LogP contribution >= 0.6 is 12.6 Å². The molecule has 3 saturated heterocycles. The zero-order valence-electron chi connectivity index (χ0n) is 22.7. The SMILES string of the molecule is NC1C(O)CC(OC2C(O)C(CO)OC(OC3C(CO)OC(OCCS)C(O)C3O)C2O)(C(=O)O)OC1C(O)C(O)CO. The van der Waals surface area contributed by atoms with E-state index < -0.39 is 130 Å². The first kappa shape index (κ1) is 36.6. The van der Waals surface area contributed by atoms with Gasteiger partial charge in [0, 0.05) is 12.2 Å². The van der Waals surface area contributed by atoms with Crippen molar-refractivity contribution in [1.29, 1.82) is 0 Å². The molecule has 16 unspecified atom stereocenters. The molecule has 252 valence electrons. The van der Waals surface area contributed by atoms with Crippen LogP contribution in [0.15, 0.2) is 0 Å². The van der Waals surface area contributed by atoms with Crippen LogP contribution in [0.4, 0.5) is 0 Å². The molecule has 3 aliphatic rings. The fourth-order valence-electron chi connectivity index (χ4n) is 5.07. The molecule has 20 heteroatoms. The van der Waals surface area contributed by atoms with E-state index in [-0.39, 0.29) is 12.4 Å². The molecule has 0 bridgehead atoms. The lowest BCUT2D eigenvalue weighted by atomic mass is 9.88. The summed E-state index contributed by atoms with van der Waals surface area (Å²) >= 11 is 3.97. The van der Waals surface area contributed by atoms with E-state index in [1.54, 1.807) is 0 Å². The van der Waals surface area contributed by atoms with Crippen molar-refractivity contribution in [2.24, 2.45) is 5.73 Å². The highest BCUT2D eigenvalue weighted by Gasteiger charge is 2.59. The van der Waals surface area contributed by atoms with Gasteiger partial charge in [0.25, 0.3) is 5.79 Å². The number of carboxylic acids is 1. The third kappa shape index (κ3) is 7.76. The van der Waals surface area contributed by atoms with Crippen LogP contribution in [0.1, 0.15) is 6.42 Å². The molecule has 0 spiro atoms. The number of carboxylic acid groups (broad SMARTS) is 1. The van der Waals surface area contributed by atoms with Crippen molar-refractivity contribution >= 4 is 18.6 Å². The fraction of sp³-hybridized carbons (Fsp3) is 0.957. The molecule has 19 nitrogen and oxygen atoms in total. The first-order chi connectivity index (χ1) is 20.3. The van der Waals surface area contributed by atoms with Crippen LogP contribution in [0.3, 0.4) is 0 Å². The van der Waals surface area contributed by atoms with Gasteiger partial charge in [-0.25, -0.2) is 4.79 Å². The molecule has 0 amide bonds. The van der Waals surface area contributed by atoms with Gasteiger partial charge in [-0.05, 0) is 0 Å². The Hall–Kier alpha value is -0.860. The Balaban J connectivity index is 1.88. The van der Waals surface area contributed by atoms with Crippen LogP contribution in [0.25, 0.3) is 0 Å². The summed E-state index contributed by atoms with van der Waals surface area (Å²) in [6.07, 6.45) is -25.9. The van der Waals surface area contributed by atoms with E-state index in [9.17, 15) is 61.0 Å². The standard InChI is InChI=1S/C23H41NO18S/c24-11-7(28)3-23(22(35)36,41-18(11)12(30)8(29)4-25)42-19-13(31)9(5-26)38-21(16(19)34)40-17-10(6-27)39-20(37-1-2-43)15(33)14(17)32/h7-21,25-34,43H,1-6,24H2,(H,35,36). The van der Waals surface area contributed by atoms with Crippen molar-refractivity contribution in [3.8, 4) is 0 Å². The van der Waals surface area contributed by atoms with Gasteiger partial charge in [-0.1, -0.05) is 0 Å². The summed E-state index contributed by atoms with van der Waals surface area (Å²) in [5.74, 6) is -4.60. The average molecular weight is 652 g/mol. The lowest BCUT2D eigenvalue weighted by molar-refractivity contribution is -0.385. The number of aliphatic hydroxyl groups excluding tert-OH is 10. The lowest BCUT2D eigenvalue weighted by Gasteiger charge is -2.50. The minimum absolute atomic E-state index is 0.0185. The maximum absolute atomic E-state index is 12.4. The van der Waals surface area contributed by atoms with Crippen molar-refractivity contribution in [1.82, 2.24) is 0 Å². The average Bonchev–Trinajstić information content (AvgIpc) is 2.99. The van der Waals surface area contributed by atoms with Gasteiger partial charge >= 0.3 is 5.97 Å². The Kier molecular flexibility index (Phi) is 13.3. The number of thiol groups is 1. The van der Waals surface area contributed by atoms with Crippen molar-refractivity contribution in [3.63, 3.8) is 0 Å². The number of aliphatic hydroxyl groups is 10. The number of hydrogen-bond donors (Lipinski definition) is 13. The molecule has 3 fully saturated rings. The Morgan fingerprint density at radius 2 is 1.56 bits per heavy atom. The lowest BCUT2D eigenvalue weighted by Crippen LogP contribution is -2.70. The topological polar surface area (TPSA) is 321 Å². The zero-order valence-corrected chi connectivity index (χ0v) is 23.6. The summed E-state index contributed by atoms with van der Waals surface area (Å²) in [5, 5.41) is 113. The predicted molar refractivity (Wildman–Crippen MR) is 138 cm³/mol. The first-order valence-electron chi connectivity index (χ1n) is 13.4. The Morgan fingerprint density at radius 1 is 0.930 bits per heavy atom. The van der Waals surface area contributed by atoms with Crippen LogP contribution in [0.5, 0.6) is 0 Å². The summed E-state index contributed by atoms with van der Waals surface area (Å²) in [6, 6.07) is -1.48. The molecule has 43 heavy (non-hydrogen) atoms. The molecule has 3 aliphatic heterocycles. The van der Waals surface area contributed by atoms with Crippen LogP contribution in [0.2, 0.25) is 0 Å². The molecule has 0 radical (unpaired) electrons. The first-order valence-corrected chi connectivity index (χ1v) is 14.0. The molecule has 0 saturated carbocycles. The van der Waals surface area contributed by atoms with Gasteiger partial charge in [0.1, 0.15) is 67.1 Å². The van der Waals surface area contributed by atoms with Crippen molar-refractivity contribution < 1.29 is 89.4 Å². The van der Waals surface area contributed by atoms with Gasteiger partial charge in [-0.2, -0.15) is 12.6 Å². The molecule has 0 aliphatic carbocycles. The van der Waals surface area contributed by atoms with E-state index >= 15 is 0 Å². The molecule has 3 rings (SSSR count). The molecular formula is C23H41NO18S. The number of nitrogens with two attached hydrogens (primary N) is 1. The minimum atomic E-state index is -2.93. The smallest absolute Gasteiger partial charge is 0.364 e. The second kappa shape index (κ2) is 15.6. The van der Waals surface area contributed by atoms with Gasteiger partial charge < -0.3 is 90.3 Å². The normalized spacial score (nSPS) is 45.4. The highest BCUT2D eigenvalue weighted by Crippen LogP contribution is 2.37. The second-order valence-electron chi connectivity index (χ2n) is 10.4. The van der Waals surface area contributed by atoms with E-state index in [1.165, 1.54) is 0 Å². The molecule has 13 N–H and O–H groups in total. The zero-order chi connectivity index (χ0) is 32.2. The van der Waals surface area contributed by atoms with Crippen LogP contribution in [-0.4, -0.2) is 192 Å². The Bertz CT molecular complexity index is 891. The summed E-state index contributed by atoms with van der Waals surface area (Å²) in [4.78, 5) is 12.4. The predicted octanol–water partition coefficient (Wildman–Crippen LogP) is -7.45. The number of rotatable bonds is 13. The third-order valence-corrected chi connectivity index (χ3v) is 7.69. The van der Waals surface area contributed by atoms with Crippen LogP contribution in [0, 0.1) is 0 Å². The second-order valence-corrected chi connectivity index (χ2v) is 10.9. The molecule has 0 aromatic rings. The minimum Gasteiger partial charge on any atom is -0.477 e. The van der Waals surface area contributed by atoms with Crippen LogP contribution in [-0.2, 0) is 33.2 Å². The summed E-state index contributed by atoms with van der Waals surface area (Å²) < 4.78 is 32.7. The maximum atomic E-state index is 12.4.